The number of hydrogen-bond donors (Lipinski definition) is 1. The molecule has 0 unspecified atom stereocenters. The van der Waals surface area contributed by atoms with Crippen LogP contribution in [-0.4, -0.2) is 54.8 Å². The van der Waals surface area contributed by atoms with E-state index in [4.69, 9.17) is 0 Å². The molecule has 0 atom stereocenters. The molecule has 0 aliphatic carbocycles. The van der Waals surface area contributed by atoms with Gasteiger partial charge in [-0.15, -0.1) is 0 Å². The van der Waals surface area contributed by atoms with Crippen LogP contribution in [0.1, 0.15) is 6.42 Å². The molecule has 0 saturated carbocycles. The first-order chi connectivity index (χ1) is 9.29. The molecule has 1 N–H and O–H groups in total. The zero-order chi connectivity index (χ0) is 13.5. The quantitative estimate of drug-likeness (QED) is 0.797. The van der Waals surface area contributed by atoms with E-state index in [-0.39, 0.29) is 5.91 Å². The number of rotatable bonds is 5. The third-order valence-electron chi connectivity index (χ3n) is 3.26. The van der Waals surface area contributed by atoms with E-state index in [1.165, 1.54) is 0 Å². The van der Waals surface area contributed by atoms with Gasteiger partial charge in [0.15, 0.2) is 0 Å². The largest absolute Gasteiger partial charge is 0.385 e. The molecule has 1 aliphatic rings. The lowest BCUT2D eigenvalue weighted by Crippen LogP contribution is -2.48. The van der Waals surface area contributed by atoms with Crippen LogP contribution in [0.25, 0.3) is 0 Å². The van der Waals surface area contributed by atoms with Gasteiger partial charge in [0, 0.05) is 44.8 Å². The predicted octanol–water partition coefficient (Wildman–Crippen LogP) is 0.789. The highest BCUT2D eigenvalue weighted by atomic mass is 16.2. The summed E-state index contributed by atoms with van der Waals surface area (Å²) in [6.45, 7) is 3.20. The molecule has 1 aromatic carbocycles. The Labute approximate surface area is 113 Å². The molecule has 1 aliphatic heterocycles. The van der Waals surface area contributed by atoms with Gasteiger partial charge in [0.25, 0.3) is 0 Å². The van der Waals surface area contributed by atoms with E-state index >= 15 is 0 Å². The van der Waals surface area contributed by atoms with Gasteiger partial charge in [-0.1, -0.05) is 18.2 Å². The fourth-order valence-corrected chi connectivity index (χ4v) is 2.10. The maximum atomic E-state index is 12.0. The molecule has 19 heavy (non-hydrogen) atoms. The lowest BCUT2D eigenvalue weighted by molar-refractivity contribution is -0.134. The molecule has 0 bridgehead atoms. The van der Waals surface area contributed by atoms with Crippen LogP contribution >= 0.6 is 0 Å². The van der Waals surface area contributed by atoms with Gasteiger partial charge in [0.2, 0.25) is 12.3 Å². The van der Waals surface area contributed by atoms with Crippen molar-refractivity contribution < 1.29 is 9.59 Å². The van der Waals surface area contributed by atoms with E-state index in [1.807, 2.05) is 35.2 Å². The van der Waals surface area contributed by atoms with Crippen molar-refractivity contribution in [1.29, 1.82) is 0 Å². The van der Waals surface area contributed by atoms with Crippen LogP contribution in [0, 0.1) is 0 Å². The Hall–Kier alpha value is -2.04. The number of hydrogen-bond acceptors (Lipinski definition) is 3. The summed E-state index contributed by atoms with van der Waals surface area (Å²) in [4.78, 5) is 26.1. The van der Waals surface area contributed by atoms with Crippen molar-refractivity contribution in [2.24, 2.45) is 0 Å². The van der Waals surface area contributed by atoms with Crippen LogP contribution in [0.15, 0.2) is 30.3 Å². The number of amides is 2. The fourth-order valence-electron chi connectivity index (χ4n) is 2.10. The molecule has 1 fully saturated rings. The second-order valence-electron chi connectivity index (χ2n) is 4.56. The molecule has 5 heteroatoms. The molecule has 1 saturated heterocycles. The minimum absolute atomic E-state index is 0.147. The average Bonchev–Trinajstić information content (AvgIpc) is 2.48. The molecular formula is C14H19N3O2. The van der Waals surface area contributed by atoms with Crippen molar-refractivity contribution in [3.05, 3.63) is 30.3 Å². The van der Waals surface area contributed by atoms with Crippen LogP contribution < -0.4 is 5.32 Å². The molecule has 0 radical (unpaired) electrons. The van der Waals surface area contributed by atoms with Crippen molar-refractivity contribution in [2.45, 2.75) is 6.42 Å². The maximum absolute atomic E-state index is 12.0. The SMILES string of the molecule is O=CN1CCN(C(=O)CCNc2ccccc2)CC1. The molecule has 1 aromatic rings. The highest BCUT2D eigenvalue weighted by Crippen LogP contribution is 2.06. The summed E-state index contributed by atoms with van der Waals surface area (Å²) in [7, 11) is 0. The third-order valence-corrected chi connectivity index (χ3v) is 3.26. The number of anilines is 1. The molecule has 5 nitrogen and oxygen atoms in total. The van der Waals surface area contributed by atoms with E-state index < -0.39 is 0 Å². The number of nitrogens with zero attached hydrogens (tertiary/aromatic N) is 2. The van der Waals surface area contributed by atoms with Gasteiger partial charge >= 0.3 is 0 Å². The van der Waals surface area contributed by atoms with Crippen LogP contribution in [0.4, 0.5) is 5.69 Å². The number of carbonyl (C=O) groups excluding carboxylic acids is 2. The van der Waals surface area contributed by atoms with Crippen LogP contribution in [0.3, 0.4) is 0 Å². The summed E-state index contributed by atoms with van der Waals surface area (Å²) in [5, 5.41) is 3.22. The molecule has 0 aromatic heterocycles. The first kappa shape index (κ1) is 13.4. The normalized spacial score (nSPS) is 15.2. The highest BCUT2D eigenvalue weighted by Gasteiger charge is 2.19. The second kappa shape index (κ2) is 6.78. The summed E-state index contributed by atoms with van der Waals surface area (Å²) in [6.07, 6.45) is 1.33. The molecule has 1 heterocycles. The van der Waals surface area contributed by atoms with Crippen LogP contribution in [0.2, 0.25) is 0 Å². The van der Waals surface area contributed by atoms with E-state index in [9.17, 15) is 9.59 Å². The third kappa shape index (κ3) is 3.98. The monoisotopic (exact) mass is 261 g/mol. The second-order valence-corrected chi connectivity index (χ2v) is 4.56. The first-order valence-corrected chi connectivity index (χ1v) is 6.55. The van der Waals surface area contributed by atoms with Gasteiger partial charge in [-0.2, -0.15) is 0 Å². The van der Waals surface area contributed by atoms with Crippen LogP contribution in [-0.2, 0) is 9.59 Å². The Bertz CT molecular complexity index is 414. The van der Waals surface area contributed by atoms with Crippen molar-refractivity contribution in [3.63, 3.8) is 0 Å². The fraction of sp³-hybridized carbons (Fsp3) is 0.429. The van der Waals surface area contributed by atoms with Crippen LogP contribution in [0.5, 0.6) is 0 Å². The number of carbonyl (C=O) groups is 2. The molecular weight excluding hydrogens is 242 g/mol. The van der Waals surface area contributed by atoms with Gasteiger partial charge in [0.05, 0.1) is 0 Å². The summed E-state index contributed by atoms with van der Waals surface area (Å²) in [6, 6.07) is 9.84. The summed E-state index contributed by atoms with van der Waals surface area (Å²) < 4.78 is 0. The number of nitrogens with one attached hydrogen (secondary N) is 1. The van der Waals surface area contributed by atoms with Gasteiger partial charge in [-0.25, -0.2) is 0 Å². The molecule has 0 spiro atoms. The molecule has 2 amide bonds. The zero-order valence-electron chi connectivity index (χ0n) is 10.9. The van der Waals surface area contributed by atoms with Crippen molar-refractivity contribution >= 4 is 18.0 Å². The van der Waals surface area contributed by atoms with Gasteiger partial charge in [-0.05, 0) is 12.1 Å². The highest BCUT2D eigenvalue weighted by molar-refractivity contribution is 5.77. The smallest absolute Gasteiger partial charge is 0.224 e. The molecule has 2 rings (SSSR count). The minimum atomic E-state index is 0.147. The Morgan fingerprint density at radius 2 is 1.84 bits per heavy atom. The number of benzene rings is 1. The standard InChI is InChI=1S/C14H19N3O2/c18-12-16-8-10-17(11-9-16)14(19)6-7-15-13-4-2-1-3-5-13/h1-5,12,15H,6-11H2. The summed E-state index contributed by atoms with van der Waals surface area (Å²) in [5.74, 6) is 0.147. The van der Waals surface area contributed by atoms with Crippen molar-refractivity contribution in [3.8, 4) is 0 Å². The lowest BCUT2D eigenvalue weighted by Gasteiger charge is -2.32. The minimum Gasteiger partial charge on any atom is -0.385 e. The Kier molecular flexibility index (Phi) is 4.78. The Morgan fingerprint density at radius 3 is 2.47 bits per heavy atom. The Morgan fingerprint density at radius 1 is 1.16 bits per heavy atom. The van der Waals surface area contributed by atoms with Gasteiger partial charge < -0.3 is 15.1 Å². The van der Waals surface area contributed by atoms with Crippen molar-refractivity contribution in [1.82, 2.24) is 9.80 Å². The Balaban J connectivity index is 1.69. The first-order valence-electron chi connectivity index (χ1n) is 6.55. The van der Waals surface area contributed by atoms with Crippen molar-refractivity contribution in [2.75, 3.05) is 38.0 Å². The van der Waals surface area contributed by atoms with E-state index in [0.717, 1.165) is 12.1 Å². The number of piperazine rings is 1. The van der Waals surface area contributed by atoms with E-state index in [0.29, 0.717) is 39.1 Å². The lowest BCUT2D eigenvalue weighted by atomic mass is 10.2. The summed E-state index contributed by atoms with van der Waals surface area (Å²) >= 11 is 0. The zero-order valence-corrected chi connectivity index (χ0v) is 10.9. The predicted molar refractivity (Wildman–Crippen MR) is 73.8 cm³/mol. The molecule has 102 valence electrons. The van der Waals surface area contributed by atoms with Gasteiger partial charge in [0.1, 0.15) is 0 Å². The van der Waals surface area contributed by atoms with E-state index in [1.54, 1.807) is 4.90 Å². The number of para-hydroxylation sites is 1. The average molecular weight is 261 g/mol. The topological polar surface area (TPSA) is 52.7 Å². The summed E-state index contributed by atoms with van der Waals surface area (Å²) in [5.41, 5.74) is 1.03. The van der Waals surface area contributed by atoms with E-state index in [2.05, 4.69) is 5.32 Å². The van der Waals surface area contributed by atoms with Gasteiger partial charge in [-0.3, -0.25) is 9.59 Å². The maximum Gasteiger partial charge on any atom is 0.224 e.